The first-order valence-electron chi connectivity index (χ1n) is 6.72. The van der Waals surface area contributed by atoms with E-state index < -0.39 is 0 Å². The van der Waals surface area contributed by atoms with Crippen molar-refractivity contribution in [3.8, 4) is 0 Å². The van der Waals surface area contributed by atoms with Crippen molar-refractivity contribution >= 4 is 5.91 Å². The van der Waals surface area contributed by atoms with Crippen molar-refractivity contribution < 1.29 is 4.79 Å². The Kier molecular flexibility index (Phi) is 6.45. The lowest BCUT2D eigenvalue weighted by Gasteiger charge is -2.32. The monoisotopic (exact) mass is 264 g/mol. The zero-order chi connectivity index (χ0) is 14.3. The van der Waals surface area contributed by atoms with Crippen LogP contribution in [0.25, 0.3) is 0 Å². The van der Waals surface area contributed by atoms with Crippen molar-refractivity contribution in [2.24, 2.45) is 5.73 Å². The molecule has 3 N–H and O–H groups in total. The highest BCUT2D eigenvalue weighted by atomic mass is 16.2. The molecule has 5 heteroatoms. The fourth-order valence-electron chi connectivity index (χ4n) is 2.19. The molecule has 0 aliphatic heterocycles. The molecule has 106 valence electrons. The maximum absolute atomic E-state index is 11.7. The van der Waals surface area contributed by atoms with Gasteiger partial charge in [-0.1, -0.05) is 6.92 Å². The van der Waals surface area contributed by atoms with Crippen LogP contribution in [0.2, 0.25) is 0 Å². The zero-order valence-electron chi connectivity index (χ0n) is 12.0. The lowest BCUT2D eigenvalue weighted by Crippen LogP contribution is -2.43. The highest BCUT2D eigenvalue weighted by Crippen LogP contribution is 2.22. The zero-order valence-corrected chi connectivity index (χ0v) is 12.0. The van der Waals surface area contributed by atoms with Crippen LogP contribution >= 0.6 is 0 Å². The number of rotatable bonds is 7. The predicted octanol–water partition coefficient (Wildman–Crippen LogP) is 0.928. The third-order valence-electron chi connectivity index (χ3n) is 3.17. The summed E-state index contributed by atoms with van der Waals surface area (Å²) in [6.45, 7) is 4.95. The smallest absolute Gasteiger partial charge is 0.234 e. The number of amides is 1. The lowest BCUT2D eigenvalue weighted by molar-refractivity contribution is -0.122. The van der Waals surface area contributed by atoms with Gasteiger partial charge in [-0.05, 0) is 38.1 Å². The van der Waals surface area contributed by atoms with Gasteiger partial charge in [0.15, 0.2) is 0 Å². The summed E-state index contributed by atoms with van der Waals surface area (Å²) in [7, 11) is 1.93. The molecule has 0 fully saturated rings. The number of hydrogen-bond donors (Lipinski definition) is 2. The minimum Gasteiger partial charge on any atom is -0.355 e. The fraction of sp³-hybridized carbons (Fsp3) is 0.571. The molecule has 0 aliphatic carbocycles. The van der Waals surface area contributed by atoms with Gasteiger partial charge in [-0.25, -0.2) is 0 Å². The summed E-state index contributed by atoms with van der Waals surface area (Å²) >= 11 is 0. The molecule has 0 aromatic carbocycles. The van der Waals surface area contributed by atoms with E-state index in [0.29, 0.717) is 13.1 Å². The van der Waals surface area contributed by atoms with Gasteiger partial charge in [0.1, 0.15) is 0 Å². The van der Waals surface area contributed by atoms with Gasteiger partial charge in [0.25, 0.3) is 0 Å². The normalized spacial score (nSPS) is 14.2. The van der Waals surface area contributed by atoms with Gasteiger partial charge in [-0.3, -0.25) is 14.7 Å². The molecule has 0 saturated heterocycles. The third kappa shape index (κ3) is 4.61. The van der Waals surface area contributed by atoms with E-state index in [4.69, 9.17) is 5.73 Å². The number of aromatic nitrogens is 1. The summed E-state index contributed by atoms with van der Waals surface area (Å²) < 4.78 is 0. The number of carbonyl (C=O) groups is 1. The van der Waals surface area contributed by atoms with E-state index in [0.717, 1.165) is 12.0 Å². The molecule has 2 unspecified atom stereocenters. The molecule has 5 nitrogen and oxygen atoms in total. The molecule has 1 aromatic heterocycles. The SMILES string of the molecule is CCNC(=O)CN(C)C(c1ccncc1)C(N)CC. The number of carbonyl (C=O) groups excluding carboxylic acids is 1. The maximum atomic E-state index is 11.7. The summed E-state index contributed by atoms with van der Waals surface area (Å²) in [5, 5.41) is 2.81. The maximum Gasteiger partial charge on any atom is 0.234 e. The van der Waals surface area contributed by atoms with E-state index in [9.17, 15) is 4.79 Å². The van der Waals surface area contributed by atoms with Crippen LogP contribution in [-0.4, -0.2) is 42.0 Å². The van der Waals surface area contributed by atoms with E-state index >= 15 is 0 Å². The molecule has 1 rings (SSSR count). The second kappa shape index (κ2) is 7.86. The van der Waals surface area contributed by atoms with Crippen LogP contribution in [0.5, 0.6) is 0 Å². The van der Waals surface area contributed by atoms with Gasteiger partial charge in [0, 0.05) is 25.0 Å². The number of pyridine rings is 1. The van der Waals surface area contributed by atoms with E-state index in [1.54, 1.807) is 12.4 Å². The number of nitrogens with one attached hydrogen (secondary N) is 1. The molecule has 1 heterocycles. The Labute approximate surface area is 115 Å². The number of likely N-dealkylation sites (N-methyl/N-ethyl adjacent to an activating group) is 2. The molecule has 1 aromatic rings. The summed E-state index contributed by atoms with van der Waals surface area (Å²) in [6.07, 6.45) is 4.36. The highest BCUT2D eigenvalue weighted by Gasteiger charge is 2.24. The van der Waals surface area contributed by atoms with Crippen molar-refractivity contribution in [2.75, 3.05) is 20.1 Å². The molecule has 0 aliphatic rings. The molecule has 0 radical (unpaired) electrons. The van der Waals surface area contributed by atoms with Crippen LogP contribution in [0.3, 0.4) is 0 Å². The Morgan fingerprint density at radius 3 is 2.58 bits per heavy atom. The molecule has 0 bridgehead atoms. The first-order chi connectivity index (χ1) is 9.10. The van der Waals surface area contributed by atoms with Gasteiger partial charge in [0.2, 0.25) is 5.91 Å². The van der Waals surface area contributed by atoms with E-state index in [2.05, 4.69) is 17.2 Å². The van der Waals surface area contributed by atoms with Crippen molar-refractivity contribution in [3.63, 3.8) is 0 Å². The Hall–Kier alpha value is -1.46. The molecule has 0 saturated carbocycles. The Morgan fingerprint density at radius 2 is 2.05 bits per heavy atom. The van der Waals surface area contributed by atoms with Crippen LogP contribution in [0, 0.1) is 0 Å². The number of nitrogens with zero attached hydrogens (tertiary/aromatic N) is 2. The molecule has 19 heavy (non-hydrogen) atoms. The lowest BCUT2D eigenvalue weighted by atomic mass is 9.97. The van der Waals surface area contributed by atoms with Crippen LogP contribution < -0.4 is 11.1 Å². The van der Waals surface area contributed by atoms with Crippen molar-refractivity contribution in [3.05, 3.63) is 30.1 Å². The first kappa shape index (κ1) is 15.6. The van der Waals surface area contributed by atoms with Gasteiger partial charge in [-0.2, -0.15) is 0 Å². The quantitative estimate of drug-likeness (QED) is 0.768. The Bertz CT molecular complexity index is 382. The van der Waals surface area contributed by atoms with E-state index in [1.165, 1.54) is 0 Å². The van der Waals surface area contributed by atoms with Crippen molar-refractivity contribution in [1.29, 1.82) is 0 Å². The number of nitrogens with two attached hydrogens (primary N) is 1. The molecule has 2 atom stereocenters. The van der Waals surface area contributed by atoms with Crippen LogP contribution in [0.4, 0.5) is 0 Å². The first-order valence-corrected chi connectivity index (χ1v) is 6.72. The van der Waals surface area contributed by atoms with Crippen molar-refractivity contribution in [2.45, 2.75) is 32.4 Å². The standard InChI is InChI=1S/C14H24N4O/c1-4-12(15)14(11-6-8-16-9-7-11)18(3)10-13(19)17-5-2/h6-9,12,14H,4-5,10,15H2,1-3H3,(H,17,19). The predicted molar refractivity (Wildman–Crippen MR) is 76.6 cm³/mol. The molecular weight excluding hydrogens is 240 g/mol. The minimum absolute atomic E-state index is 0.0122. The summed E-state index contributed by atoms with van der Waals surface area (Å²) in [6, 6.07) is 3.92. The van der Waals surface area contributed by atoms with Gasteiger partial charge in [-0.15, -0.1) is 0 Å². The molecule has 1 amide bonds. The van der Waals surface area contributed by atoms with Gasteiger partial charge >= 0.3 is 0 Å². The van der Waals surface area contributed by atoms with E-state index in [1.807, 2.05) is 31.0 Å². The summed E-state index contributed by atoms with van der Waals surface area (Å²) in [5.41, 5.74) is 7.30. The average Bonchev–Trinajstić information content (AvgIpc) is 2.40. The van der Waals surface area contributed by atoms with Crippen LogP contribution in [-0.2, 0) is 4.79 Å². The highest BCUT2D eigenvalue weighted by molar-refractivity contribution is 5.77. The largest absolute Gasteiger partial charge is 0.355 e. The van der Waals surface area contributed by atoms with Gasteiger partial charge in [0.05, 0.1) is 12.6 Å². The van der Waals surface area contributed by atoms with Crippen molar-refractivity contribution in [1.82, 2.24) is 15.2 Å². The molecule has 0 spiro atoms. The fourth-order valence-corrected chi connectivity index (χ4v) is 2.19. The molecular formula is C14H24N4O. The van der Waals surface area contributed by atoms with Crippen LogP contribution in [0.1, 0.15) is 31.9 Å². The minimum atomic E-state index is -0.0122. The Balaban J connectivity index is 2.83. The summed E-state index contributed by atoms with van der Waals surface area (Å²) in [5.74, 6) is 0.0207. The second-order valence-corrected chi connectivity index (χ2v) is 4.67. The topological polar surface area (TPSA) is 71.2 Å². The van der Waals surface area contributed by atoms with Gasteiger partial charge < -0.3 is 11.1 Å². The van der Waals surface area contributed by atoms with E-state index in [-0.39, 0.29) is 18.0 Å². The Morgan fingerprint density at radius 1 is 1.42 bits per heavy atom. The second-order valence-electron chi connectivity index (χ2n) is 4.67. The summed E-state index contributed by atoms with van der Waals surface area (Å²) in [4.78, 5) is 17.7. The average molecular weight is 264 g/mol. The van der Waals surface area contributed by atoms with Crippen LogP contribution in [0.15, 0.2) is 24.5 Å². The number of hydrogen-bond acceptors (Lipinski definition) is 4. The third-order valence-corrected chi connectivity index (χ3v) is 3.17.